The predicted octanol–water partition coefficient (Wildman–Crippen LogP) is 2.85. The van der Waals surface area contributed by atoms with E-state index >= 15 is 0 Å². The maximum atomic E-state index is 11.9. The molecule has 17 heavy (non-hydrogen) atoms. The number of amides is 1. The summed E-state index contributed by atoms with van der Waals surface area (Å²) in [5.74, 6) is 2.64. The number of hydrogen-bond donors (Lipinski definition) is 1. The summed E-state index contributed by atoms with van der Waals surface area (Å²) in [5.41, 5.74) is 0.776. The van der Waals surface area contributed by atoms with Crippen molar-refractivity contribution in [3.8, 4) is 0 Å². The Bertz CT molecular complexity index is 381. The van der Waals surface area contributed by atoms with Crippen molar-refractivity contribution in [2.75, 3.05) is 6.54 Å². The zero-order valence-corrected chi connectivity index (χ0v) is 10.1. The van der Waals surface area contributed by atoms with Crippen LogP contribution in [-0.4, -0.2) is 12.5 Å². The first-order valence-corrected chi connectivity index (χ1v) is 6.68. The number of hydrogen-bond acceptors (Lipinski definition) is 1. The Kier molecular flexibility index (Phi) is 2.87. The van der Waals surface area contributed by atoms with Gasteiger partial charge in [0, 0.05) is 12.1 Å². The number of carbonyl (C=O) groups is 1. The second-order valence-corrected chi connectivity index (χ2v) is 5.41. The third-order valence-corrected chi connectivity index (χ3v) is 3.99. The van der Waals surface area contributed by atoms with Gasteiger partial charge in [0.25, 0.3) is 5.91 Å². The second-order valence-electron chi connectivity index (χ2n) is 5.41. The molecule has 0 heterocycles. The van der Waals surface area contributed by atoms with Gasteiger partial charge in [-0.3, -0.25) is 4.79 Å². The standard InChI is InChI=1S/C15H19NO/c17-15(13-4-2-1-3-5-13)16-10-14(11-6-7-11)12-8-9-12/h1-5,11-12,14H,6-10H2,(H,16,17). The topological polar surface area (TPSA) is 29.1 Å². The van der Waals surface area contributed by atoms with Gasteiger partial charge >= 0.3 is 0 Å². The molecule has 1 N–H and O–H groups in total. The van der Waals surface area contributed by atoms with E-state index in [1.807, 2.05) is 30.3 Å². The van der Waals surface area contributed by atoms with Crippen LogP contribution in [0.4, 0.5) is 0 Å². The van der Waals surface area contributed by atoms with Crippen LogP contribution >= 0.6 is 0 Å². The van der Waals surface area contributed by atoms with Gasteiger partial charge in [0.2, 0.25) is 0 Å². The summed E-state index contributed by atoms with van der Waals surface area (Å²) in [7, 11) is 0. The molecule has 2 fully saturated rings. The fourth-order valence-corrected chi connectivity index (χ4v) is 2.67. The van der Waals surface area contributed by atoms with Crippen molar-refractivity contribution in [1.82, 2.24) is 5.32 Å². The Morgan fingerprint density at radius 1 is 1.12 bits per heavy atom. The van der Waals surface area contributed by atoms with E-state index in [4.69, 9.17) is 0 Å². The van der Waals surface area contributed by atoms with Crippen LogP contribution in [0.5, 0.6) is 0 Å². The van der Waals surface area contributed by atoms with Crippen LogP contribution in [0.3, 0.4) is 0 Å². The van der Waals surface area contributed by atoms with Gasteiger partial charge in [0.15, 0.2) is 0 Å². The maximum absolute atomic E-state index is 11.9. The van der Waals surface area contributed by atoms with Crippen molar-refractivity contribution in [2.24, 2.45) is 17.8 Å². The molecule has 1 amide bonds. The first kappa shape index (κ1) is 10.8. The van der Waals surface area contributed by atoms with E-state index in [2.05, 4.69) is 5.32 Å². The normalized spacial score (nSPS) is 19.4. The molecule has 0 radical (unpaired) electrons. The highest BCUT2D eigenvalue weighted by Crippen LogP contribution is 2.48. The summed E-state index contributed by atoms with van der Waals surface area (Å²) in [6.07, 6.45) is 5.51. The number of rotatable bonds is 5. The van der Waals surface area contributed by atoms with Gasteiger partial charge in [-0.1, -0.05) is 18.2 Å². The van der Waals surface area contributed by atoms with Crippen molar-refractivity contribution in [2.45, 2.75) is 25.7 Å². The molecule has 0 aromatic heterocycles. The molecular formula is C15H19NO. The molecule has 1 aromatic rings. The van der Waals surface area contributed by atoms with Crippen LogP contribution in [0.15, 0.2) is 30.3 Å². The highest BCUT2D eigenvalue weighted by molar-refractivity contribution is 5.94. The summed E-state index contributed by atoms with van der Waals surface area (Å²) in [6.45, 7) is 0.878. The van der Waals surface area contributed by atoms with Gasteiger partial charge in [0.05, 0.1) is 0 Å². The monoisotopic (exact) mass is 229 g/mol. The smallest absolute Gasteiger partial charge is 0.251 e. The van der Waals surface area contributed by atoms with Gasteiger partial charge in [-0.05, 0) is 55.6 Å². The van der Waals surface area contributed by atoms with Crippen LogP contribution in [0.2, 0.25) is 0 Å². The van der Waals surface area contributed by atoms with Crippen molar-refractivity contribution in [1.29, 1.82) is 0 Å². The zero-order valence-electron chi connectivity index (χ0n) is 10.1. The average molecular weight is 229 g/mol. The van der Waals surface area contributed by atoms with Gasteiger partial charge in [-0.15, -0.1) is 0 Å². The summed E-state index contributed by atoms with van der Waals surface area (Å²) in [4.78, 5) is 11.9. The zero-order chi connectivity index (χ0) is 11.7. The minimum Gasteiger partial charge on any atom is -0.352 e. The van der Waals surface area contributed by atoms with Crippen molar-refractivity contribution >= 4 is 5.91 Å². The summed E-state index contributed by atoms with van der Waals surface area (Å²) >= 11 is 0. The molecule has 2 saturated carbocycles. The molecule has 2 nitrogen and oxygen atoms in total. The minimum absolute atomic E-state index is 0.0805. The number of nitrogens with one attached hydrogen (secondary N) is 1. The van der Waals surface area contributed by atoms with Crippen LogP contribution in [0.25, 0.3) is 0 Å². The maximum Gasteiger partial charge on any atom is 0.251 e. The van der Waals surface area contributed by atoms with E-state index in [1.165, 1.54) is 25.7 Å². The molecule has 2 aliphatic rings. The van der Waals surface area contributed by atoms with Crippen LogP contribution < -0.4 is 5.32 Å². The van der Waals surface area contributed by atoms with Gasteiger partial charge < -0.3 is 5.32 Å². The predicted molar refractivity (Wildman–Crippen MR) is 67.7 cm³/mol. The Labute approximate surface area is 102 Å². The lowest BCUT2D eigenvalue weighted by Crippen LogP contribution is -2.31. The molecule has 0 saturated heterocycles. The number of carbonyl (C=O) groups excluding carboxylic acids is 1. The molecule has 0 aliphatic heterocycles. The fraction of sp³-hybridized carbons (Fsp3) is 0.533. The third-order valence-electron chi connectivity index (χ3n) is 3.99. The molecule has 2 heteroatoms. The summed E-state index contributed by atoms with van der Waals surface area (Å²) in [6, 6.07) is 9.51. The average Bonchev–Trinajstić information content (AvgIpc) is 3.24. The third kappa shape index (κ3) is 2.68. The van der Waals surface area contributed by atoms with E-state index in [0.717, 1.165) is 29.9 Å². The second kappa shape index (κ2) is 4.52. The fourth-order valence-electron chi connectivity index (χ4n) is 2.67. The molecule has 90 valence electrons. The van der Waals surface area contributed by atoms with E-state index in [0.29, 0.717) is 0 Å². The van der Waals surface area contributed by atoms with Crippen molar-refractivity contribution in [3.63, 3.8) is 0 Å². The Hall–Kier alpha value is -1.31. The Balaban J connectivity index is 1.54. The first-order chi connectivity index (χ1) is 8.34. The molecule has 3 rings (SSSR count). The summed E-state index contributed by atoms with van der Waals surface area (Å²) in [5, 5.41) is 3.10. The van der Waals surface area contributed by atoms with E-state index in [-0.39, 0.29) is 5.91 Å². The molecule has 2 aliphatic carbocycles. The highest BCUT2D eigenvalue weighted by Gasteiger charge is 2.41. The summed E-state index contributed by atoms with van der Waals surface area (Å²) < 4.78 is 0. The van der Waals surface area contributed by atoms with E-state index < -0.39 is 0 Å². The molecule has 0 atom stereocenters. The molecule has 0 spiro atoms. The molecule has 1 aromatic carbocycles. The van der Waals surface area contributed by atoms with Crippen molar-refractivity contribution < 1.29 is 4.79 Å². The minimum atomic E-state index is 0.0805. The van der Waals surface area contributed by atoms with E-state index in [1.54, 1.807) is 0 Å². The van der Waals surface area contributed by atoms with Crippen LogP contribution in [0.1, 0.15) is 36.0 Å². The van der Waals surface area contributed by atoms with Crippen LogP contribution in [0, 0.1) is 17.8 Å². The van der Waals surface area contributed by atoms with E-state index in [9.17, 15) is 4.79 Å². The largest absolute Gasteiger partial charge is 0.352 e. The molecule has 0 bridgehead atoms. The lowest BCUT2D eigenvalue weighted by molar-refractivity contribution is 0.0943. The van der Waals surface area contributed by atoms with Crippen molar-refractivity contribution in [3.05, 3.63) is 35.9 Å². The Morgan fingerprint density at radius 3 is 2.24 bits per heavy atom. The lowest BCUT2D eigenvalue weighted by atomic mass is 9.98. The quantitative estimate of drug-likeness (QED) is 0.826. The first-order valence-electron chi connectivity index (χ1n) is 6.68. The molecule has 0 unspecified atom stereocenters. The number of benzene rings is 1. The highest BCUT2D eigenvalue weighted by atomic mass is 16.1. The van der Waals surface area contributed by atoms with Crippen LogP contribution in [-0.2, 0) is 0 Å². The van der Waals surface area contributed by atoms with Gasteiger partial charge in [-0.2, -0.15) is 0 Å². The SMILES string of the molecule is O=C(NCC(C1CC1)C1CC1)c1ccccc1. The Morgan fingerprint density at radius 2 is 1.71 bits per heavy atom. The van der Waals surface area contributed by atoms with Gasteiger partial charge in [0.1, 0.15) is 0 Å². The molecular weight excluding hydrogens is 210 g/mol. The lowest BCUT2D eigenvalue weighted by Gasteiger charge is -2.16. The van der Waals surface area contributed by atoms with Gasteiger partial charge in [-0.25, -0.2) is 0 Å².